The first-order valence-electron chi connectivity index (χ1n) is 6.83. The molecule has 4 heteroatoms. The van der Waals surface area contributed by atoms with Crippen LogP contribution in [0.3, 0.4) is 0 Å². The van der Waals surface area contributed by atoms with E-state index in [4.69, 9.17) is 5.11 Å². The highest BCUT2D eigenvalue weighted by Crippen LogP contribution is 2.19. The summed E-state index contributed by atoms with van der Waals surface area (Å²) in [6.07, 6.45) is 0. The van der Waals surface area contributed by atoms with Crippen LogP contribution in [-0.4, -0.2) is 11.1 Å². The summed E-state index contributed by atoms with van der Waals surface area (Å²) in [6.45, 7) is 4.46. The number of carboxylic acids is 1. The molecule has 0 heterocycles. The molecule has 2 N–H and O–H groups in total. The van der Waals surface area contributed by atoms with Crippen molar-refractivity contribution < 1.29 is 14.3 Å². The normalized spacial score (nSPS) is 10.7. The van der Waals surface area contributed by atoms with Gasteiger partial charge in [-0.15, -0.1) is 0 Å². The molecule has 0 atom stereocenters. The second-order valence-corrected chi connectivity index (χ2v) is 5.25. The largest absolute Gasteiger partial charge is 0.478 e. The van der Waals surface area contributed by atoms with E-state index in [1.54, 1.807) is 0 Å². The van der Waals surface area contributed by atoms with Crippen LogP contribution < -0.4 is 5.32 Å². The molecule has 2 aromatic rings. The van der Waals surface area contributed by atoms with Gasteiger partial charge in [-0.1, -0.05) is 26.0 Å². The van der Waals surface area contributed by atoms with E-state index < -0.39 is 11.8 Å². The van der Waals surface area contributed by atoms with Gasteiger partial charge >= 0.3 is 5.97 Å². The first-order chi connectivity index (χ1) is 9.97. The Kier molecular flexibility index (Phi) is 4.58. The van der Waals surface area contributed by atoms with Crippen LogP contribution in [0.15, 0.2) is 42.5 Å². The molecule has 0 unspecified atom stereocenters. The van der Waals surface area contributed by atoms with Crippen molar-refractivity contribution in [2.24, 2.45) is 0 Å². The Hall–Kier alpha value is -2.36. The number of nitrogens with one attached hydrogen (secondary N) is 1. The number of anilines is 1. The third-order valence-electron chi connectivity index (χ3n) is 3.33. The Labute approximate surface area is 123 Å². The lowest BCUT2D eigenvalue weighted by Crippen LogP contribution is -2.05. The van der Waals surface area contributed by atoms with Crippen molar-refractivity contribution in [2.45, 2.75) is 26.3 Å². The van der Waals surface area contributed by atoms with Crippen LogP contribution in [0.4, 0.5) is 10.1 Å². The Balaban J connectivity index is 2.14. The second-order valence-electron chi connectivity index (χ2n) is 5.25. The maximum absolute atomic E-state index is 13.7. The van der Waals surface area contributed by atoms with E-state index in [1.165, 1.54) is 23.8 Å². The van der Waals surface area contributed by atoms with Crippen molar-refractivity contribution in [1.29, 1.82) is 0 Å². The lowest BCUT2D eigenvalue weighted by atomic mass is 10.0. The number of benzene rings is 2. The van der Waals surface area contributed by atoms with Gasteiger partial charge in [-0.2, -0.15) is 0 Å². The molecule has 0 radical (unpaired) electrons. The summed E-state index contributed by atoms with van der Waals surface area (Å²) in [5.41, 5.74) is 2.51. The van der Waals surface area contributed by atoms with Crippen LogP contribution in [0.25, 0.3) is 0 Å². The molecule has 3 nitrogen and oxygen atoms in total. The SMILES string of the molecule is CC(C)c1cccc(NCc2cc(C(=O)O)ccc2F)c1. The van der Waals surface area contributed by atoms with Gasteiger partial charge in [0.1, 0.15) is 5.82 Å². The van der Waals surface area contributed by atoms with Crippen LogP contribution >= 0.6 is 0 Å². The van der Waals surface area contributed by atoms with Gasteiger partial charge in [-0.25, -0.2) is 9.18 Å². The maximum Gasteiger partial charge on any atom is 0.335 e. The molecule has 0 fully saturated rings. The quantitative estimate of drug-likeness (QED) is 0.864. The molecular weight excluding hydrogens is 269 g/mol. The highest BCUT2D eigenvalue weighted by molar-refractivity contribution is 5.87. The second kappa shape index (κ2) is 6.39. The molecule has 0 aromatic heterocycles. The van der Waals surface area contributed by atoms with Crippen molar-refractivity contribution in [3.8, 4) is 0 Å². The number of hydrogen-bond donors (Lipinski definition) is 2. The van der Waals surface area contributed by atoms with E-state index in [1.807, 2.05) is 24.3 Å². The van der Waals surface area contributed by atoms with Crippen molar-refractivity contribution >= 4 is 11.7 Å². The summed E-state index contributed by atoms with van der Waals surface area (Å²) < 4.78 is 13.7. The van der Waals surface area contributed by atoms with Crippen LogP contribution in [0.2, 0.25) is 0 Å². The lowest BCUT2D eigenvalue weighted by molar-refractivity contribution is 0.0696. The highest BCUT2D eigenvalue weighted by atomic mass is 19.1. The highest BCUT2D eigenvalue weighted by Gasteiger charge is 2.08. The molecule has 0 aliphatic heterocycles. The molecular formula is C17H18FNO2. The van der Waals surface area contributed by atoms with Crippen molar-refractivity contribution in [3.63, 3.8) is 0 Å². The monoisotopic (exact) mass is 287 g/mol. The number of aromatic carboxylic acids is 1. The Morgan fingerprint density at radius 3 is 2.67 bits per heavy atom. The molecule has 2 rings (SSSR count). The molecule has 0 spiro atoms. The topological polar surface area (TPSA) is 49.3 Å². The zero-order valence-electron chi connectivity index (χ0n) is 12.1. The van der Waals surface area contributed by atoms with Gasteiger partial charge < -0.3 is 10.4 Å². The van der Waals surface area contributed by atoms with Gasteiger partial charge in [0.2, 0.25) is 0 Å². The number of carboxylic acid groups (broad SMARTS) is 1. The smallest absolute Gasteiger partial charge is 0.335 e. The van der Waals surface area contributed by atoms with Gasteiger partial charge in [0.25, 0.3) is 0 Å². The summed E-state index contributed by atoms with van der Waals surface area (Å²) in [7, 11) is 0. The van der Waals surface area contributed by atoms with Crippen molar-refractivity contribution in [3.05, 3.63) is 65.0 Å². The van der Waals surface area contributed by atoms with Gasteiger partial charge in [0, 0.05) is 17.8 Å². The van der Waals surface area contributed by atoms with E-state index in [2.05, 4.69) is 19.2 Å². The fourth-order valence-electron chi connectivity index (χ4n) is 2.05. The molecule has 0 aliphatic rings. The number of rotatable bonds is 5. The summed E-state index contributed by atoms with van der Waals surface area (Å²) in [5, 5.41) is 12.1. The molecule has 2 aromatic carbocycles. The van der Waals surface area contributed by atoms with Crippen LogP contribution in [0.1, 0.15) is 41.3 Å². The molecule has 0 aliphatic carbocycles. The minimum Gasteiger partial charge on any atom is -0.478 e. The molecule has 0 saturated heterocycles. The number of carbonyl (C=O) groups is 1. The predicted octanol–water partition coefficient (Wildman–Crippen LogP) is 4.26. The first-order valence-corrected chi connectivity index (χ1v) is 6.83. The van der Waals surface area contributed by atoms with E-state index in [0.29, 0.717) is 11.5 Å². The molecule has 0 saturated carbocycles. The van der Waals surface area contributed by atoms with E-state index >= 15 is 0 Å². The van der Waals surface area contributed by atoms with Gasteiger partial charge in [0.05, 0.1) is 5.56 Å². The molecule has 110 valence electrons. The first kappa shape index (κ1) is 15.0. The van der Waals surface area contributed by atoms with Crippen LogP contribution in [-0.2, 0) is 6.54 Å². The van der Waals surface area contributed by atoms with E-state index in [9.17, 15) is 9.18 Å². The van der Waals surface area contributed by atoms with Gasteiger partial charge in [-0.3, -0.25) is 0 Å². The minimum absolute atomic E-state index is 0.0872. The average molecular weight is 287 g/mol. The maximum atomic E-state index is 13.7. The fourth-order valence-corrected chi connectivity index (χ4v) is 2.05. The molecule has 0 bridgehead atoms. The standard InChI is InChI=1S/C17H18FNO2/c1-11(2)12-4-3-5-15(9-12)19-10-14-8-13(17(20)21)6-7-16(14)18/h3-9,11,19H,10H2,1-2H3,(H,20,21). The summed E-state index contributed by atoms with van der Waals surface area (Å²) >= 11 is 0. The van der Waals surface area contributed by atoms with Gasteiger partial charge in [0.15, 0.2) is 0 Å². The van der Waals surface area contributed by atoms with Crippen LogP contribution in [0.5, 0.6) is 0 Å². The summed E-state index contributed by atoms with van der Waals surface area (Å²) in [4.78, 5) is 10.9. The predicted molar refractivity (Wildman–Crippen MR) is 81.2 cm³/mol. The summed E-state index contributed by atoms with van der Waals surface area (Å²) in [5.74, 6) is -1.05. The Bertz CT molecular complexity index is 653. The third kappa shape index (κ3) is 3.81. The molecule has 0 amide bonds. The number of halogens is 1. The van der Waals surface area contributed by atoms with E-state index in [-0.39, 0.29) is 12.1 Å². The van der Waals surface area contributed by atoms with Crippen molar-refractivity contribution in [1.82, 2.24) is 0 Å². The zero-order valence-corrected chi connectivity index (χ0v) is 12.1. The lowest BCUT2D eigenvalue weighted by Gasteiger charge is -2.11. The van der Waals surface area contributed by atoms with Crippen LogP contribution in [0, 0.1) is 5.82 Å². The summed E-state index contributed by atoms with van der Waals surface area (Å²) in [6, 6.07) is 11.7. The minimum atomic E-state index is -1.06. The molecule has 21 heavy (non-hydrogen) atoms. The zero-order chi connectivity index (χ0) is 15.4. The van der Waals surface area contributed by atoms with Crippen molar-refractivity contribution in [2.75, 3.05) is 5.32 Å². The van der Waals surface area contributed by atoms with E-state index in [0.717, 1.165) is 5.69 Å². The third-order valence-corrected chi connectivity index (χ3v) is 3.33. The average Bonchev–Trinajstić information content (AvgIpc) is 2.46. The number of hydrogen-bond acceptors (Lipinski definition) is 2. The Morgan fingerprint density at radius 2 is 2.00 bits per heavy atom. The Morgan fingerprint density at radius 1 is 1.24 bits per heavy atom. The van der Waals surface area contributed by atoms with Gasteiger partial charge in [-0.05, 0) is 41.8 Å². The fraction of sp³-hybridized carbons (Fsp3) is 0.235.